The van der Waals surface area contributed by atoms with Gasteiger partial charge in [0.25, 0.3) is 0 Å². The lowest BCUT2D eigenvalue weighted by molar-refractivity contribution is -0.143. The lowest BCUT2D eigenvalue weighted by atomic mass is 9.78. The van der Waals surface area contributed by atoms with Gasteiger partial charge in [-0.25, -0.2) is 4.39 Å². The van der Waals surface area contributed by atoms with Gasteiger partial charge in [0.15, 0.2) is 0 Å². The smallest absolute Gasteiger partial charge is 0.306 e. The average Bonchev–Trinajstić information content (AvgIpc) is 2.17. The van der Waals surface area contributed by atoms with E-state index in [0.717, 1.165) is 11.1 Å². The normalized spacial score (nSPS) is 23.9. The number of aliphatic hydroxyl groups is 1. The maximum absolute atomic E-state index is 12.9. The molecule has 1 aliphatic rings. The largest absolute Gasteiger partial charge is 0.481 e. The number of fused-ring (bicyclic) bond motifs is 1. The minimum Gasteiger partial charge on any atom is -0.481 e. The van der Waals surface area contributed by atoms with Gasteiger partial charge >= 0.3 is 5.97 Å². The lowest BCUT2D eigenvalue weighted by Crippen LogP contribution is -2.38. The minimum absolute atomic E-state index is 0.260. The summed E-state index contributed by atoms with van der Waals surface area (Å²) in [5.74, 6) is -1.30. The van der Waals surface area contributed by atoms with E-state index in [4.69, 9.17) is 5.11 Å². The first-order valence-electron chi connectivity index (χ1n) is 5.20. The lowest BCUT2D eigenvalue weighted by Gasteiger charge is -2.32. The fraction of sp³-hybridized carbons (Fsp3) is 0.417. The van der Waals surface area contributed by atoms with Gasteiger partial charge in [-0.15, -0.1) is 0 Å². The fourth-order valence-electron chi connectivity index (χ4n) is 2.24. The quantitative estimate of drug-likeness (QED) is 0.800. The molecule has 0 heterocycles. The third-order valence-electron chi connectivity index (χ3n) is 3.03. The van der Waals surface area contributed by atoms with Crippen molar-refractivity contribution < 1.29 is 19.4 Å². The molecule has 0 aromatic heterocycles. The molecule has 2 rings (SSSR count). The van der Waals surface area contributed by atoms with E-state index >= 15 is 0 Å². The molecule has 0 aliphatic heterocycles. The molecular formula is C12H13FO3. The standard InChI is InChI=1S/C12H13FO3/c13-10-2-1-9-6-12(16,7-11(14)15)4-3-8(9)5-10/h1-2,5,16H,3-4,6-7H2,(H,14,15). The second-order valence-electron chi connectivity index (χ2n) is 4.38. The first-order valence-corrected chi connectivity index (χ1v) is 5.20. The van der Waals surface area contributed by atoms with Gasteiger partial charge in [-0.3, -0.25) is 4.79 Å². The Morgan fingerprint density at radius 2 is 2.19 bits per heavy atom. The Kier molecular flexibility index (Phi) is 2.68. The maximum Gasteiger partial charge on any atom is 0.306 e. The summed E-state index contributed by atoms with van der Waals surface area (Å²) in [5.41, 5.74) is 0.530. The van der Waals surface area contributed by atoms with Crippen LogP contribution in [0.5, 0.6) is 0 Å². The molecule has 86 valence electrons. The Bertz CT molecular complexity index is 430. The predicted octanol–water partition coefficient (Wildman–Crippen LogP) is 1.52. The molecule has 1 aromatic carbocycles. The Morgan fingerprint density at radius 1 is 1.44 bits per heavy atom. The van der Waals surface area contributed by atoms with Gasteiger partial charge in [-0.05, 0) is 36.1 Å². The number of carboxylic acid groups (broad SMARTS) is 1. The summed E-state index contributed by atoms with van der Waals surface area (Å²) >= 11 is 0. The molecular weight excluding hydrogens is 211 g/mol. The highest BCUT2D eigenvalue weighted by atomic mass is 19.1. The van der Waals surface area contributed by atoms with Crippen LogP contribution < -0.4 is 0 Å². The second-order valence-corrected chi connectivity index (χ2v) is 4.38. The van der Waals surface area contributed by atoms with Gasteiger partial charge in [-0.1, -0.05) is 6.07 Å². The third kappa shape index (κ3) is 2.22. The molecule has 0 bridgehead atoms. The van der Waals surface area contributed by atoms with Crippen molar-refractivity contribution in [2.45, 2.75) is 31.3 Å². The summed E-state index contributed by atoms with van der Waals surface area (Å²) in [4.78, 5) is 10.6. The minimum atomic E-state index is -1.18. The molecule has 0 spiro atoms. The highest BCUT2D eigenvalue weighted by molar-refractivity contribution is 5.68. The van der Waals surface area contributed by atoms with Gasteiger partial charge in [0, 0.05) is 6.42 Å². The van der Waals surface area contributed by atoms with Crippen LogP contribution in [0.2, 0.25) is 0 Å². The van der Waals surface area contributed by atoms with Crippen molar-refractivity contribution in [2.24, 2.45) is 0 Å². The first kappa shape index (κ1) is 11.1. The zero-order valence-corrected chi connectivity index (χ0v) is 8.74. The number of halogens is 1. The number of carbonyl (C=O) groups is 1. The number of aryl methyl sites for hydroxylation is 1. The molecule has 1 aromatic rings. The Morgan fingerprint density at radius 3 is 2.88 bits per heavy atom. The Balaban J connectivity index is 2.23. The molecule has 0 saturated heterocycles. The highest BCUT2D eigenvalue weighted by Gasteiger charge is 2.34. The van der Waals surface area contributed by atoms with Gasteiger partial charge in [0.2, 0.25) is 0 Å². The molecule has 4 heteroatoms. The molecule has 0 fully saturated rings. The van der Waals surface area contributed by atoms with Crippen LogP contribution in [0.25, 0.3) is 0 Å². The van der Waals surface area contributed by atoms with Crippen LogP contribution >= 0.6 is 0 Å². The van der Waals surface area contributed by atoms with Crippen molar-refractivity contribution in [3.8, 4) is 0 Å². The number of rotatable bonds is 2. The molecule has 0 radical (unpaired) electrons. The summed E-state index contributed by atoms with van der Waals surface area (Å²) in [6, 6.07) is 4.41. The van der Waals surface area contributed by atoms with E-state index in [1.807, 2.05) is 0 Å². The number of benzene rings is 1. The van der Waals surface area contributed by atoms with Crippen LogP contribution in [0.4, 0.5) is 4.39 Å². The zero-order valence-electron chi connectivity index (χ0n) is 8.74. The van der Waals surface area contributed by atoms with Crippen LogP contribution in [-0.2, 0) is 17.6 Å². The number of hydrogen-bond donors (Lipinski definition) is 2. The molecule has 0 saturated carbocycles. The van der Waals surface area contributed by atoms with E-state index in [1.165, 1.54) is 12.1 Å². The maximum atomic E-state index is 12.9. The van der Waals surface area contributed by atoms with Crippen molar-refractivity contribution in [3.05, 3.63) is 35.1 Å². The molecule has 2 N–H and O–H groups in total. The molecule has 3 nitrogen and oxygen atoms in total. The monoisotopic (exact) mass is 224 g/mol. The summed E-state index contributed by atoms with van der Waals surface area (Å²) in [6.45, 7) is 0. The zero-order chi connectivity index (χ0) is 11.8. The van der Waals surface area contributed by atoms with E-state index in [0.29, 0.717) is 12.8 Å². The van der Waals surface area contributed by atoms with Crippen molar-refractivity contribution in [2.75, 3.05) is 0 Å². The molecule has 1 aliphatic carbocycles. The van der Waals surface area contributed by atoms with Gasteiger partial charge in [0.1, 0.15) is 5.82 Å². The summed E-state index contributed by atoms with van der Waals surface area (Å²) in [7, 11) is 0. The number of aliphatic carboxylic acids is 1. The summed E-state index contributed by atoms with van der Waals surface area (Å²) in [5, 5.41) is 18.8. The number of carboxylic acids is 1. The molecule has 1 unspecified atom stereocenters. The second kappa shape index (κ2) is 3.87. The average molecular weight is 224 g/mol. The van der Waals surface area contributed by atoms with Crippen LogP contribution in [0.1, 0.15) is 24.0 Å². The van der Waals surface area contributed by atoms with E-state index in [1.54, 1.807) is 6.07 Å². The van der Waals surface area contributed by atoms with Crippen LogP contribution in [0, 0.1) is 5.82 Å². The van der Waals surface area contributed by atoms with Crippen LogP contribution in [-0.4, -0.2) is 21.8 Å². The van der Waals surface area contributed by atoms with E-state index < -0.39 is 11.6 Å². The SMILES string of the molecule is O=C(O)CC1(O)CCc2cc(F)ccc2C1. The van der Waals surface area contributed by atoms with Crippen molar-refractivity contribution in [1.82, 2.24) is 0 Å². The van der Waals surface area contributed by atoms with Crippen LogP contribution in [0.3, 0.4) is 0 Å². The summed E-state index contributed by atoms with van der Waals surface area (Å²) in [6.07, 6.45) is 0.922. The Labute approximate surface area is 92.5 Å². The van der Waals surface area contributed by atoms with Gasteiger partial charge < -0.3 is 10.2 Å². The van der Waals surface area contributed by atoms with E-state index in [-0.39, 0.29) is 18.7 Å². The summed E-state index contributed by atoms with van der Waals surface area (Å²) < 4.78 is 12.9. The van der Waals surface area contributed by atoms with Gasteiger partial charge in [0.05, 0.1) is 12.0 Å². The predicted molar refractivity (Wildman–Crippen MR) is 55.6 cm³/mol. The molecule has 0 amide bonds. The molecule has 16 heavy (non-hydrogen) atoms. The number of hydrogen-bond acceptors (Lipinski definition) is 2. The third-order valence-corrected chi connectivity index (χ3v) is 3.03. The van der Waals surface area contributed by atoms with E-state index in [9.17, 15) is 14.3 Å². The first-order chi connectivity index (χ1) is 7.48. The van der Waals surface area contributed by atoms with Crippen molar-refractivity contribution in [3.63, 3.8) is 0 Å². The van der Waals surface area contributed by atoms with Crippen molar-refractivity contribution in [1.29, 1.82) is 0 Å². The molecule has 1 atom stereocenters. The van der Waals surface area contributed by atoms with Gasteiger partial charge in [-0.2, -0.15) is 0 Å². The topological polar surface area (TPSA) is 57.5 Å². The highest BCUT2D eigenvalue weighted by Crippen LogP contribution is 2.31. The fourth-order valence-corrected chi connectivity index (χ4v) is 2.24. The Hall–Kier alpha value is -1.42. The van der Waals surface area contributed by atoms with Crippen LogP contribution in [0.15, 0.2) is 18.2 Å². The van der Waals surface area contributed by atoms with Crippen molar-refractivity contribution >= 4 is 5.97 Å². The van der Waals surface area contributed by atoms with E-state index in [2.05, 4.69) is 0 Å².